The number of nitrogens with one attached hydrogen (secondary N) is 2. The summed E-state index contributed by atoms with van der Waals surface area (Å²) in [7, 11) is 1.55. The van der Waals surface area contributed by atoms with Crippen LogP contribution >= 0.6 is 11.6 Å². The number of benzene rings is 2. The topological polar surface area (TPSA) is 63.2 Å². The van der Waals surface area contributed by atoms with Crippen LogP contribution < -0.4 is 15.4 Å². The van der Waals surface area contributed by atoms with Crippen LogP contribution in [0, 0.1) is 5.82 Å². The van der Waals surface area contributed by atoms with Gasteiger partial charge in [-0.15, -0.1) is 0 Å². The molecule has 0 atom stereocenters. The lowest BCUT2D eigenvalue weighted by molar-refractivity contribution is 0.0950. The smallest absolute Gasteiger partial charge is 0.251 e. The zero-order valence-electron chi connectivity index (χ0n) is 14.5. The second-order valence-corrected chi connectivity index (χ2v) is 6.11. The first-order valence-electron chi connectivity index (χ1n) is 8.15. The maximum absolute atomic E-state index is 13.7. The Morgan fingerprint density at radius 3 is 2.78 bits per heavy atom. The van der Waals surface area contributed by atoms with Gasteiger partial charge in [0, 0.05) is 28.9 Å². The predicted octanol–water partition coefficient (Wildman–Crippen LogP) is 4.56. The van der Waals surface area contributed by atoms with Gasteiger partial charge in [0.25, 0.3) is 5.91 Å². The van der Waals surface area contributed by atoms with Crippen molar-refractivity contribution in [3.8, 4) is 5.75 Å². The minimum atomic E-state index is -0.358. The van der Waals surface area contributed by atoms with Gasteiger partial charge in [-0.2, -0.15) is 0 Å². The zero-order chi connectivity index (χ0) is 19.2. The van der Waals surface area contributed by atoms with Gasteiger partial charge in [-0.25, -0.2) is 9.37 Å². The van der Waals surface area contributed by atoms with E-state index in [1.54, 1.807) is 55.6 Å². The number of methoxy groups -OCH3 is 1. The van der Waals surface area contributed by atoms with Gasteiger partial charge in [-0.3, -0.25) is 4.79 Å². The summed E-state index contributed by atoms with van der Waals surface area (Å²) in [6.07, 6.45) is 1.51. The Bertz CT molecular complexity index is 965. The number of nitrogens with zero attached hydrogens (tertiary/aromatic N) is 1. The highest BCUT2D eigenvalue weighted by atomic mass is 35.5. The van der Waals surface area contributed by atoms with Crippen LogP contribution in [-0.2, 0) is 6.54 Å². The molecule has 0 bridgehead atoms. The monoisotopic (exact) mass is 385 g/mol. The standard InChI is InChI=1S/C20H17ClFN3O2/c1-27-18-7-6-15(21)11-17(18)25-19-10-13(8-9-23-19)20(26)24-12-14-4-2-3-5-16(14)22/h2-11H,12H2,1H3,(H,23,25)(H,24,26). The van der Waals surface area contributed by atoms with Crippen molar-refractivity contribution in [2.24, 2.45) is 0 Å². The van der Waals surface area contributed by atoms with Gasteiger partial charge < -0.3 is 15.4 Å². The molecule has 0 saturated heterocycles. The average Bonchev–Trinajstić information content (AvgIpc) is 2.67. The number of rotatable bonds is 6. The van der Waals surface area contributed by atoms with Crippen LogP contribution in [0.4, 0.5) is 15.9 Å². The summed E-state index contributed by atoms with van der Waals surface area (Å²) < 4.78 is 18.9. The van der Waals surface area contributed by atoms with Crippen molar-refractivity contribution in [1.82, 2.24) is 10.3 Å². The summed E-state index contributed by atoms with van der Waals surface area (Å²) >= 11 is 6.02. The molecule has 0 unspecified atom stereocenters. The number of amides is 1. The molecule has 2 aromatic carbocycles. The summed E-state index contributed by atoms with van der Waals surface area (Å²) in [5.74, 6) is 0.356. The molecular weight excluding hydrogens is 369 g/mol. The maximum atomic E-state index is 13.7. The van der Waals surface area contributed by atoms with Crippen LogP contribution in [0.3, 0.4) is 0 Å². The Balaban J connectivity index is 1.73. The van der Waals surface area contributed by atoms with E-state index in [4.69, 9.17) is 16.3 Å². The van der Waals surface area contributed by atoms with Gasteiger partial charge in [-0.05, 0) is 36.4 Å². The van der Waals surface area contributed by atoms with Crippen LogP contribution in [0.5, 0.6) is 5.75 Å². The molecule has 0 aliphatic rings. The molecule has 0 fully saturated rings. The number of halogens is 2. The van der Waals surface area contributed by atoms with Gasteiger partial charge in [0.2, 0.25) is 0 Å². The van der Waals surface area contributed by atoms with Crippen LogP contribution in [0.15, 0.2) is 60.8 Å². The number of carbonyl (C=O) groups excluding carboxylic acids is 1. The van der Waals surface area contributed by atoms with Crippen molar-refractivity contribution in [3.05, 3.63) is 82.8 Å². The highest BCUT2D eigenvalue weighted by Crippen LogP contribution is 2.30. The molecular formula is C20H17ClFN3O2. The SMILES string of the molecule is COc1ccc(Cl)cc1Nc1cc(C(=O)NCc2ccccc2F)ccn1. The van der Waals surface area contributed by atoms with Crippen molar-refractivity contribution in [2.75, 3.05) is 12.4 Å². The minimum absolute atomic E-state index is 0.0959. The third-order valence-corrected chi connectivity index (χ3v) is 4.08. The molecule has 0 spiro atoms. The van der Waals surface area contributed by atoms with Crippen molar-refractivity contribution in [2.45, 2.75) is 6.54 Å². The molecule has 1 amide bonds. The largest absolute Gasteiger partial charge is 0.495 e. The van der Waals surface area contributed by atoms with E-state index in [1.165, 1.54) is 12.3 Å². The van der Waals surface area contributed by atoms with Gasteiger partial charge in [0.15, 0.2) is 0 Å². The molecule has 0 aliphatic carbocycles. The number of hydrogen-bond acceptors (Lipinski definition) is 4. The fraction of sp³-hybridized carbons (Fsp3) is 0.100. The molecule has 0 saturated carbocycles. The van der Waals surface area contributed by atoms with Crippen LogP contribution in [0.2, 0.25) is 5.02 Å². The van der Waals surface area contributed by atoms with Crippen LogP contribution in [0.25, 0.3) is 0 Å². The summed E-state index contributed by atoms with van der Waals surface area (Å²) in [5, 5.41) is 6.32. The van der Waals surface area contributed by atoms with E-state index < -0.39 is 0 Å². The Morgan fingerprint density at radius 1 is 1.19 bits per heavy atom. The van der Waals surface area contributed by atoms with Crippen molar-refractivity contribution in [1.29, 1.82) is 0 Å². The molecule has 1 heterocycles. The Labute approximate surface area is 161 Å². The number of aromatic nitrogens is 1. The van der Waals surface area contributed by atoms with Gasteiger partial charge >= 0.3 is 0 Å². The third kappa shape index (κ3) is 4.74. The Morgan fingerprint density at radius 2 is 2.00 bits per heavy atom. The van der Waals surface area contributed by atoms with Crippen molar-refractivity contribution >= 4 is 29.0 Å². The molecule has 3 rings (SSSR count). The molecule has 5 nitrogen and oxygen atoms in total. The van der Waals surface area contributed by atoms with E-state index in [0.29, 0.717) is 33.4 Å². The molecule has 7 heteroatoms. The Hall–Kier alpha value is -3.12. The van der Waals surface area contributed by atoms with E-state index in [-0.39, 0.29) is 18.3 Å². The van der Waals surface area contributed by atoms with Gasteiger partial charge in [0.1, 0.15) is 17.4 Å². The maximum Gasteiger partial charge on any atom is 0.251 e. The lowest BCUT2D eigenvalue weighted by Gasteiger charge is -2.12. The van der Waals surface area contributed by atoms with E-state index in [2.05, 4.69) is 15.6 Å². The minimum Gasteiger partial charge on any atom is -0.495 e. The number of anilines is 2. The fourth-order valence-electron chi connectivity index (χ4n) is 2.48. The summed E-state index contributed by atoms with van der Waals surface area (Å²) in [4.78, 5) is 16.6. The number of carbonyl (C=O) groups is 1. The molecule has 0 radical (unpaired) electrons. The summed E-state index contributed by atoms with van der Waals surface area (Å²) in [6.45, 7) is 0.0959. The van der Waals surface area contributed by atoms with E-state index in [0.717, 1.165) is 0 Å². The molecule has 2 N–H and O–H groups in total. The second kappa shape index (κ2) is 8.51. The first kappa shape index (κ1) is 18.7. The molecule has 3 aromatic rings. The van der Waals surface area contributed by atoms with E-state index in [9.17, 15) is 9.18 Å². The third-order valence-electron chi connectivity index (χ3n) is 3.84. The van der Waals surface area contributed by atoms with Gasteiger partial charge in [0.05, 0.1) is 12.8 Å². The number of ether oxygens (including phenoxy) is 1. The Kier molecular flexibility index (Phi) is 5.88. The first-order valence-corrected chi connectivity index (χ1v) is 8.53. The van der Waals surface area contributed by atoms with Crippen LogP contribution in [-0.4, -0.2) is 18.0 Å². The van der Waals surface area contributed by atoms with Crippen molar-refractivity contribution < 1.29 is 13.9 Å². The summed E-state index contributed by atoms with van der Waals surface area (Å²) in [5.41, 5.74) is 1.44. The number of pyridine rings is 1. The average molecular weight is 386 g/mol. The van der Waals surface area contributed by atoms with Crippen molar-refractivity contribution in [3.63, 3.8) is 0 Å². The second-order valence-electron chi connectivity index (χ2n) is 5.67. The lowest BCUT2D eigenvalue weighted by Crippen LogP contribution is -2.23. The quantitative estimate of drug-likeness (QED) is 0.653. The fourth-order valence-corrected chi connectivity index (χ4v) is 2.65. The highest BCUT2D eigenvalue weighted by Gasteiger charge is 2.10. The van der Waals surface area contributed by atoms with Crippen LogP contribution in [0.1, 0.15) is 15.9 Å². The predicted molar refractivity (Wildman–Crippen MR) is 103 cm³/mol. The highest BCUT2D eigenvalue weighted by molar-refractivity contribution is 6.31. The molecule has 1 aromatic heterocycles. The zero-order valence-corrected chi connectivity index (χ0v) is 15.3. The normalized spacial score (nSPS) is 10.3. The van der Waals surface area contributed by atoms with E-state index in [1.807, 2.05) is 0 Å². The molecule has 0 aliphatic heterocycles. The number of hydrogen-bond donors (Lipinski definition) is 2. The lowest BCUT2D eigenvalue weighted by atomic mass is 10.2. The molecule has 138 valence electrons. The summed E-state index contributed by atoms with van der Waals surface area (Å²) in [6, 6.07) is 14.6. The molecule has 27 heavy (non-hydrogen) atoms. The first-order chi connectivity index (χ1) is 13.1. The van der Waals surface area contributed by atoms with Gasteiger partial charge in [-0.1, -0.05) is 29.8 Å². The van der Waals surface area contributed by atoms with E-state index >= 15 is 0 Å².